The molecule has 144 valence electrons. The first kappa shape index (κ1) is 19.3. The van der Waals surface area contributed by atoms with Crippen LogP contribution in [-0.4, -0.2) is 49.7 Å². The zero-order valence-corrected chi connectivity index (χ0v) is 14.9. The lowest BCUT2D eigenvalue weighted by atomic mass is 9.94. The normalized spacial score (nSPS) is 32.6. The second-order valence-electron chi connectivity index (χ2n) is 6.26. The number of nitrogens with one attached hydrogen (secondary N) is 1. The molecule has 1 aromatic carbocycles. The van der Waals surface area contributed by atoms with Gasteiger partial charge in [-0.1, -0.05) is 41.5 Å². The van der Waals surface area contributed by atoms with E-state index in [1.807, 2.05) is 30.3 Å². The molecule has 0 spiro atoms. The summed E-state index contributed by atoms with van der Waals surface area (Å²) in [5.41, 5.74) is 9.73. The fraction of sp³-hybridized carbons (Fsp3) is 0.500. The maximum Gasteiger partial charge on any atom is 0.217 e. The van der Waals surface area contributed by atoms with Gasteiger partial charge in [0.25, 0.3) is 0 Å². The Bertz CT molecular complexity index is 709. The van der Waals surface area contributed by atoms with Crippen molar-refractivity contribution in [2.45, 2.75) is 43.8 Å². The molecule has 0 aliphatic carbocycles. The average molecular weight is 374 g/mol. The molecule has 1 N–H and O–H groups in total. The lowest BCUT2D eigenvalue weighted by Crippen LogP contribution is -2.66. The van der Waals surface area contributed by atoms with E-state index in [4.69, 9.17) is 24.5 Å². The van der Waals surface area contributed by atoms with Gasteiger partial charge in [-0.2, -0.15) is 0 Å². The van der Waals surface area contributed by atoms with E-state index in [1.165, 1.54) is 6.92 Å². The van der Waals surface area contributed by atoms with Crippen LogP contribution in [0, 0.1) is 0 Å². The Labute approximate surface area is 156 Å². The summed E-state index contributed by atoms with van der Waals surface area (Å²) in [6.45, 7) is 5.52. The lowest BCUT2D eigenvalue weighted by Gasteiger charge is -2.48. The van der Waals surface area contributed by atoms with Crippen LogP contribution in [0.15, 0.2) is 48.1 Å². The molecule has 6 atom stereocenters. The van der Waals surface area contributed by atoms with Crippen molar-refractivity contribution in [2.24, 2.45) is 5.11 Å². The molecule has 1 aromatic rings. The number of hydrogen-bond acceptors (Lipinski definition) is 6. The van der Waals surface area contributed by atoms with Crippen LogP contribution in [0.1, 0.15) is 18.8 Å². The molecule has 0 unspecified atom stereocenters. The number of fused-ring (bicyclic) bond motifs is 1. The highest BCUT2D eigenvalue weighted by molar-refractivity contribution is 5.73. The molecular weight excluding hydrogens is 352 g/mol. The second-order valence-corrected chi connectivity index (χ2v) is 6.26. The number of carbonyl (C=O) groups excluding carboxylic acids is 1. The van der Waals surface area contributed by atoms with E-state index in [0.717, 1.165) is 5.56 Å². The molecule has 0 aromatic heterocycles. The third-order valence-electron chi connectivity index (χ3n) is 4.37. The summed E-state index contributed by atoms with van der Waals surface area (Å²) in [5.74, 6) is -0.293. The van der Waals surface area contributed by atoms with Gasteiger partial charge in [0, 0.05) is 17.4 Å². The minimum absolute atomic E-state index is 0.239. The van der Waals surface area contributed by atoms with E-state index in [1.54, 1.807) is 6.08 Å². The summed E-state index contributed by atoms with van der Waals surface area (Å²) < 4.78 is 23.7. The molecule has 2 aliphatic heterocycles. The van der Waals surface area contributed by atoms with Gasteiger partial charge in [-0.15, -0.1) is 6.58 Å². The standard InChI is InChI=1S/C18H22N4O5/c1-3-9-24-16-14(20-11(2)23)17(21-22-19)26-13-10-25-18(27-15(13)16)12-7-5-4-6-8-12/h3-8,13-18H,1,9-10H2,2H3,(H,20,23)/t13-,14-,15-,16-,17-,18-/m1/s1. The molecule has 0 saturated carbocycles. The summed E-state index contributed by atoms with van der Waals surface area (Å²) in [6, 6.07) is 8.81. The number of benzene rings is 1. The third kappa shape index (κ3) is 4.47. The van der Waals surface area contributed by atoms with Crippen LogP contribution in [0.2, 0.25) is 0 Å². The van der Waals surface area contributed by atoms with E-state index in [0.29, 0.717) is 0 Å². The van der Waals surface area contributed by atoms with Crippen molar-refractivity contribution >= 4 is 5.91 Å². The summed E-state index contributed by atoms with van der Waals surface area (Å²) in [5, 5.41) is 6.43. The van der Waals surface area contributed by atoms with Crippen LogP contribution in [0.25, 0.3) is 10.4 Å². The molecule has 0 radical (unpaired) electrons. The van der Waals surface area contributed by atoms with E-state index < -0.39 is 36.9 Å². The number of azide groups is 1. The van der Waals surface area contributed by atoms with Gasteiger partial charge in [-0.3, -0.25) is 4.79 Å². The first-order chi connectivity index (χ1) is 13.1. The van der Waals surface area contributed by atoms with Crippen LogP contribution < -0.4 is 5.32 Å². The highest BCUT2D eigenvalue weighted by atomic mass is 16.7. The Balaban J connectivity index is 1.87. The molecular formula is C18H22N4O5. The minimum atomic E-state index is -0.935. The number of nitrogens with zero attached hydrogens (tertiary/aromatic N) is 3. The highest BCUT2D eigenvalue weighted by Gasteiger charge is 2.50. The van der Waals surface area contributed by atoms with E-state index >= 15 is 0 Å². The van der Waals surface area contributed by atoms with Crippen LogP contribution >= 0.6 is 0 Å². The molecule has 1 amide bonds. The second kappa shape index (κ2) is 8.98. The first-order valence-electron chi connectivity index (χ1n) is 8.65. The van der Waals surface area contributed by atoms with Gasteiger partial charge >= 0.3 is 0 Å². The number of ether oxygens (including phenoxy) is 4. The lowest BCUT2D eigenvalue weighted by molar-refractivity contribution is -0.318. The topological polar surface area (TPSA) is 115 Å². The predicted octanol–water partition coefficient (Wildman–Crippen LogP) is 2.21. The minimum Gasteiger partial charge on any atom is -0.369 e. The molecule has 2 saturated heterocycles. The quantitative estimate of drug-likeness (QED) is 0.355. The molecule has 3 rings (SSSR count). The van der Waals surface area contributed by atoms with Crippen molar-refractivity contribution < 1.29 is 23.7 Å². The largest absolute Gasteiger partial charge is 0.369 e. The van der Waals surface area contributed by atoms with Gasteiger partial charge < -0.3 is 24.3 Å². The van der Waals surface area contributed by atoms with Gasteiger partial charge in [-0.25, -0.2) is 0 Å². The van der Waals surface area contributed by atoms with Gasteiger partial charge in [0.15, 0.2) is 12.5 Å². The fourth-order valence-corrected chi connectivity index (χ4v) is 3.28. The van der Waals surface area contributed by atoms with Crippen molar-refractivity contribution in [3.8, 4) is 0 Å². The van der Waals surface area contributed by atoms with E-state index in [-0.39, 0.29) is 19.1 Å². The van der Waals surface area contributed by atoms with Crippen LogP contribution in [0.4, 0.5) is 0 Å². The van der Waals surface area contributed by atoms with Gasteiger partial charge in [0.2, 0.25) is 5.91 Å². The van der Waals surface area contributed by atoms with E-state index in [2.05, 4.69) is 21.9 Å². The Morgan fingerprint density at radius 1 is 1.44 bits per heavy atom. The highest BCUT2D eigenvalue weighted by Crippen LogP contribution is 2.35. The Morgan fingerprint density at radius 2 is 2.22 bits per heavy atom. The number of rotatable bonds is 6. The predicted molar refractivity (Wildman–Crippen MR) is 95.4 cm³/mol. The molecule has 2 aliphatic rings. The van der Waals surface area contributed by atoms with Crippen molar-refractivity contribution in [3.05, 3.63) is 59.0 Å². The fourth-order valence-electron chi connectivity index (χ4n) is 3.28. The van der Waals surface area contributed by atoms with Gasteiger partial charge in [-0.05, 0) is 5.53 Å². The molecule has 0 bridgehead atoms. The van der Waals surface area contributed by atoms with Crippen LogP contribution in [0.5, 0.6) is 0 Å². The third-order valence-corrected chi connectivity index (χ3v) is 4.37. The Kier molecular flexibility index (Phi) is 6.44. The van der Waals surface area contributed by atoms with Crippen molar-refractivity contribution in [1.82, 2.24) is 5.32 Å². The Hall–Kier alpha value is -2.42. The zero-order valence-electron chi connectivity index (χ0n) is 14.9. The number of amides is 1. The number of hydrogen-bond donors (Lipinski definition) is 1. The SMILES string of the molecule is C=CCO[C@@H]1[C@@H](NC(C)=O)[C@H](N=[N+]=[N-])O[C@@H]2CO[C@@H](c3ccccc3)O[C@@H]12. The monoisotopic (exact) mass is 374 g/mol. The summed E-state index contributed by atoms with van der Waals surface area (Å²) in [6.07, 6.45) is -1.54. The van der Waals surface area contributed by atoms with Crippen molar-refractivity contribution in [2.75, 3.05) is 13.2 Å². The Morgan fingerprint density at radius 3 is 2.89 bits per heavy atom. The maximum atomic E-state index is 11.7. The molecule has 2 heterocycles. The van der Waals surface area contributed by atoms with Crippen LogP contribution in [-0.2, 0) is 23.7 Å². The summed E-state index contributed by atoms with van der Waals surface area (Å²) in [7, 11) is 0. The van der Waals surface area contributed by atoms with E-state index in [9.17, 15) is 4.79 Å². The molecule has 9 heteroatoms. The first-order valence-corrected chi connectivity index (χ1v) is 8.65. The maximum absolute atomic E-state index is 11.7. The molecule has 2 fully saturated rings. The smallest absolute Gasteiger partial charge is 0.217 e. The number of carbonyl (C=O) groups is 1. The zero-order chi connectivity index (χ0) is 19.2. The average Bonchev–Trinajstić information content (AvgIpc) is 2.68. The molecule has 9 nitrogen and oxygen atoms in total. The van der Waals surface area contributed by atoms with Crippen molar-refractivity contribution in [1.29, 1.82) is 0 Å². The molecule has 27 heavy (non-hydrogen) atoms. The van der Waals surface area contributed by atoms with Crippen molar-refractivity contribution in [3.63, 3.8) is 0 Å². The van der Waals surface area contributed by atoms with Gasteiger partial charge in [0.1, 0.15) is 18.3 Å². The van der Waals surface area contributed by atoms with Crippen LogP contribution in [0.3, 0.4) is 0 Å². The summed E-state index contributed by atoms with van der Waals surface area (Å²) in [4.78, 5) is 14.5. The summed E-state index contributed by atoms with van der Waals surface area (Å²) >= 11 is 0. The van der Waals surface area contributed by atoms with Gasteiger partial charge in [0.05, 0.1) is 19.3 Å².